The smallest absolute Gasteiger partial charge is 0.348 e. The summed E-state index contributed by atoms with van der Waals surface area (Å²) in [6.45, 7) is 0.298. The van der Waals surface area contributed by atoms with Gasteiger partial charge in [-0.1, -0.05) is 17.7 Å². The number of benzene rings is 3. The molecule has 0 saturated heterocycles. The summed E-state index contributed by atoms with van der Waals surface area (Å²) in [5.74, 6) is -1.46. The maximum Gasteiger partial charge on any atom is 0.348 e. The van der Waals surface area contributed by atoms with Crippen molar-refractivity contribution < 1.29 is 27.5 Å². The number of nitrogens with zero attached hydrogens (tertiary/aromatic N) is 2. The van der Waals surface area contributed by atoms with Crippen LogP contribution in [0.1, 0.15) is 40.8 Å². The molecule has 0 spiro atoms. The minimum Gasteiger partial charge on any atom is -0.496 e. The van der Waals surface area contributed by atoms with Crippen LogP contribution in [0.5, 0.6) is 5.75 Å². The summed E-state index contributed by atoms with van der Waals surface area (Å²) in [7, 11) is 1.31. The molecule has 0 radical (unpaired) electrons. The first-order valence-corrected chi connectivity index (χ1v) is 12.9. The zero-order valence-electron chi connectivity index (χ0n) is 21.5. The van der Waals surface area contributed by atoms with Crippen LogP contribution in [0.3, 0.4) is 0 Å². The zero-order valence-corrected chi connectivity index (χ0v) is 22.3. The van der Waals surface area contributed by atoms with Gasteiger partial charge in [-0.15, -0.1) is 5.10 Å². The van der Waals surface area contributed by atoms with E-state index in [1.165, 1.54) is 25.3 Å². The molecule has 3 N–H and O–H groups in total. The average Bonchev–Trinajstić information content (AvgIpc) is 3.74. The molecule has 4 aromatic rings. The molecule has 0 bridgehead atoms. The summed E-state index contributed by atoms with van der Waals surface area (Å²) in [4.78, 5) is 40.3. The highest BCUT2D eigenvalue weighted by atomic mass is 35.5. The topological polar surface area (TPSA) is 118 Å². The maximum atomic E-state index is 13.6. The predicted octanol–water partition coefficient (Wildman–Crippen LogP) is 5.24. The maximum absolute atomic E-state index is 13.6. The Morgan fingerprint density at radius 1 is 1.15 bits per heavy atom. The van der Waals surface area contributed by atoms with Crippen molar-refractivity contribution in [2.75, 3.05) is 12.4 Å². The molecule has 3 aromatic carbocycles. The molecule has 1 heterocycles. The number of carbonyl (C=O) groups is 2. The van der Waals surface area contributed by atoms with Gasteiger partial charge in [0.05, 0.1) is 28.9 Å². The Morgan fingerprint density at radius 3 is 2.63 bits per heavy atom. The van der Waals surface area contributed by atoms with Gasteiger partial charge in [0.15, 0.2) is 5.82 Å². The van der Waals surface area contributed by atoms with Crippen molar-refractivity contribution >= 4 is 29.1 Å². The molecule has 0 atom stereocenters. The predicted molar refractivity (Wildman–Crippen MR) is 145 cm³/mol. The minimum absolute atomic E-state index is 0.000773. The highest BCUT2D eigenvalue weighted by Crippen LogP contribution is 2.30. The Balaban J connectivity index is 1.38. The minimum atomic E-state index is -3.05. The first kappa shape index (κ1) is 28.0. The monoisotopic (exact) mass is 585 g/mol. The number of methoxy groups -OCH3 is 1. The number of nitrogens with one attached hydrogen (secondary N) is 3. The van der Waals surface area contributed by atoms with Crippen LogP contribution in [-0.2, 0) is 11.3 Å². The number of hydrogen-bond donors (Lipinski definition) is 3. The number of H-pyrrole nitrogens is 1. The molecule has 0 unspecified atom stereocenters. The number of amides is 2. The highest BCUT2D eigenvalue weighted by molar-refractivity contribution is 6.33. The number of hydrogen-bond acceptors (Lipinski definition) is 5. The van der Waals surface area contributed by atoms with Crippen molar-refractivity contribution in [1.82, 2.24) is 20.1 Å². The van der Waals surface area contributed by atoms with Crippen LogP contribution in [0.15, 0.2) is 59.4 Å². The third-order valence-corrected chi connectivity index (χ3v) is 6.81. The van der Waals surface area contributed by atoms with E-state index in [2.05, 4.69) is 20.7 Å². The van der Waals surface area contributed by atoms with Gasteiger partial charge < -0.3 is 15.4 Å². The Bertz CT molecular complexity index is 1700. The Kier molecular flexibility index (Phi) is 7.84. The molecular weight excluding hydrogens is 563 g/mol. The lowest BCUT2D eigenvalue weighted by atomic mass is 10.1. The van der Waals surface area contributed by atoms with Crippen LogP contribution in [0, 0.1) is 11.7 Å². The molecule has 1 aliphatic rings. The number of alkyl halides is 2. The van der Waals surface area contributed by atoms with Gasteiger partial charge in [0.25, 0.3) is 12.3 Å². The van der Waals surface area contributed by atoms with Gasteiger partial charge in [-0.25, -0.2) is 18.0 Å². The number of rotatable bonds is 9. The second-order valence-corrected chi connectivity index (χ2v) is 9.78. The highest BCUT2D eigenvalue weighted by Gasteiger charge is 2.29. The van der Waals surface area contributed by atoms with Crippen LogP contribution in [0.4, 0.5) is 18.9 Å². The van der Waals surface area contributed by atoms with Gasteiger partial charge in [0.2, 0.25) is 5.91 Å². The van der Waals surface area contributed by atoms with E-state index in [1.807, 2.05) is 0 Å². The lowest BCUT2D eigenvalue weighted by Crippen LogP contribution is -2.24. The van der Waals surface area contributed by atoms with Gasteiger partial charge in [-0.3, -0.25) is 14.6 Å². The van der Waals surface area contributed by atoms with E-state index in [4.69, 9.17) is 16.3 Å². The van der Waals surface area contributed by atoms with E-state index < -0.39 is 29.4 Å². The van der Waals surface area contributed by atoms with E-state index in [1.54, 1.807) is 18.2 Å². The lowest BCUT2D eigenvalue weighted by Gasteiger charge is -2.12. The molecule has 41 heavy (non-hydrogen) atoms. The fourth-order valence-electron chi connectivity index (χ4n) is 4.15. The van der Waals surface area contributed by atoms with Crippen LogP contribution < -0.4 is 21.1 Å². The van der Waals surface area contributed by atoms with Crippen molar-refractivity contribution in [3.63, 3.8) is 0 Å². The number of anilines is 1. The summed E-state index contributed by atoms with van der Waals surface area (Å²) in [5, 5.41) is 10.0. The molecule has 2 amide bonds. The number of halogens is 4. The summed E-state index contributed by atoms with van der Waals surface area (Å²) < 4.78 is 46.1. The van der Waals surface area contributed by atoms with Crippen molar-refractivity contribution in [1.29, 1.82) is 0 Å². The van der Waals surface area contributed by atoms with Gasteiger partial charge in [0.1, 0.15) is 11.6 Å². The molecular formula is C28H23ClF3N5O4. The van der Waals surface area contributed by atoms with Crippen molar-refractivity contribution in [3.8, 4) is 22.8 Å². The molecule has 1 fully saturated rings. The summed E-state index contributed by atoms with van der Waals surface area (Å²) in [5.41, 5.74) is 0.0562. The number of carbonyl (C=O) groups excluding carboxylic acids is 2. The van der Waals surface area contributed by atoms with Crippen molar-refractivity contribution in [2.24, 2.45) is 5.92 Å². The number of ether oxygens (including phenoxy) is 1. The zero-order chi connectivity index (χ0) is 29.3. The Labute approximate surface area is 236 Å². The second kappa shape index (κ2) is 11.5. The molecule has 1 aliphatic carbocycles. The second-order valence-electron chi connectivity index (χ2n) is 9.37. The first-order chi connectivity index (χ1) is 19.6. The Morgan fingerprint density at radius 2 is 1.93 bits per heavy atom. The van der Waals surface area contributed by atoms with Gasteiger partial charge in [-0.05, 0) is 60.9 Å². The fraction of sp³-hybridized carbons (Fsp3) is 0.214. The third-order valence-electron chi connectivity index (χ3n) is 6.48. The summed E-state index contributed by atoms with van der Waals surface area (Å²) >= 11 is 6.38. The SMILES string of the molecule is COc1cc(-n2nc(-c3cc(CNC(=O)C4CC4)ccc3Cl)[nH]c2=O)ccc1C(=O)Nc1ccc(F)c(C(F)F)c1. The van der Waals surface area contributed by atoms with Crippen LogP contribution in [0.25, 0.3) is 17.1 Å². The normalized spacial score (nSPS) is 12.8. The van der Waals surface area contributed by atoms with Gasteiger partial charge in [-0.2, -0.15) is 4.68 Å². The number of aromatic nitrogens is 3. The summed E-state index contributed by atoms with van der Waals surface area (Å²) in [6, 6.07) is 12.2. The standard InChI is InChI=1S/C28H23ClF3N5O4/c1-41-23-12-17(6-7-18(23)27(39)34-16-5-9-22(30)20(11-16)24(31)32)37-28(40)35-25(36-37)19-10-14(2-8-21(19)29)13-33-26(38)15-3-4-15/h2,5-12,15,24H,3-4,13H2,1H3,(H,33,38)(H,34,39)(H,35,36,40). The van der Waals surface area contributed by atoms with Crippen molar-refractivity contribution in [2.45, 2.75) is 25.8 Å². The Hall–Kier alpha value is -4.58. The van der Waals surface area contributed by atoms with Crippen LogP contribution in [0.2, 0.25) is 5.02 Å². The fourth-order valence-corrected chi connectivity index (χ4v) is 4.36. The molecule has 212 valence electrons. The molecule has 13 heteroatoms. The number of aromatic amines is 1. The van der Waals surface area contributed by atoms with Gasteiger partial charge >= 0.3 is 5.69 Å². The van der Waals surface area contributed by atoms with Crippen LogP contribution >= 0.6 is 11.6 Å². The molecule has 1 saturated carbocycles. The van der Waals surface area contributed by atoms with E-state index in [-0.39, 0.29) is 40.3 Å². The quantitative estimate of drug-likeness (QED) is 0.248. The van der Waals surface area contributed by atoms with E-state index in [0.29, 0.717) is 17.1 Å². The van der Waals surface area contributed by atoms with E-state index in [9.17, 15) is 27.6 Å². The van der Waals surface area contributed by atoms with Crippen LogP contribution in [-0.4, -0.2) is 33.7 Å². The van der Waals surface area contributed by atoms with Crippen molar-refractivity contribution in [3.05, 3.63) is 92.6 Å². The lowest BCUT2D eigenvalue weighted by molar-refractivity contribution is -0.122. The summed E-state index contributed by atoms with van der Waals surface area (Å²) in [6.07, 6.45) is -1.27. The molecule has 9 nitrogen and oxygen atoms in total. The first-order valence-electron chi connectivity index (χ1n) is 12.5. The molecule has 5 rings (SSSR count). The largest absolute Gasteiger partial charge is 0.496 e. The molecule has 0 aliphatic heterocycles. The average molecular weight is 586 g/mol. The third kappa shape index (κ3) is 6.12. The van der Waals surface area contributed by atoms with E-state index in [0.717, 1.165) is 41.3 Å². The van der Waals surface area contributed by atoms with Gasteiger partial charge in [0, 0.05) is 29.8 Å². The van der Waals surface area contributed by atoms with E-state index >= 15 is 0 Å². The molecule has 1 aromatic heterocycles.